The molecular formula is C16H26N4. The molecule has 0 atom stereocenters. The second kappa shape index (κ2) is 6.37. The smallest absolute Gasteiger partial charge is 0.137 e. The maximum absolute atomic E-state index is 6.07. The Hall–Kier alpha value is -1.39. The Morgan fingerprint density at radius 3 is 2.55 bits per heavy atom. The van der Waals surface area contributed by atoms with E-state index in [2.05, 4.69) is 36.3 Å². The highest BCUT2D eigenvalue weighted by atomic mass is 15.2. The summed E-state index contributed by atoms with van der Waals surface area (Å²) in [6.07, 6.45) is 6.30. The van der Waals surface area contributed by atoms with Crippen molar-refractivity contribution in [1.82, 2.24) is 14.3 Å². The largest absolute Gasteiger partial charge is 0.329 e. The second-order valence-electron chi connectivity index (χ2n) is 5.35. The van der Waals surface area contributed by atoms with Crippen LogP contribution in [-0.4, -0.2) is 32.9 Å². The Bertz CT molecular complexity index is 501. The summed E-state index contributed by atoms with van der Waals surface area (Å²) in [5, 5.41) is 0. The van der Waals surface area contributed by atoms with Gasteiger partial charge in [0, 0.05) is 31.0 Å². The molecule has 2 rings (SSSR count). The highest BCUT2D eigenvalue weighted by Crippen LogP contribution is 2.24. The molecule has 2 aromatic heterocycles. The molecule has 4 heteroatoms. The van der Waals surface area contributed by atoms with Crippen molar-refractivity contribution < 1.29 is 0 Å². The van der Waals surface area contributed by atoms with E-state index in [9.17, 15) is 0 Å². The third kappa shape index (κ3) is 2.72. The number of pyridine rings is 1. The van der Waals surface area contributed by atoms with Gasteiger partial charge in [0.1, 0.15) is 5.65 Å². The van der Waals surface area contributed by atoms with Crippen molar-refractivity contribution in [3.8, 4) is 0 Å². The molecule has 0 unspecified atom stereocenters. The van der Waals surface area contributed by atoms with Gasteiger partial charge in [-0.1, -0.05) is 26.8 Å². The molecule has 20 heavy (non-hydrogen) atoms. The molecule has 0 fully saturated rings. The molecule has 0 saturated carbocycles. The number of nitrogens with two attached hydrogens (primary N) is 1. The third-order valence-electron chi connectivity index (χ3n) is 4.52. The Balaban J connectivity index is 2.25. The van der Waals surface area contributed by atoms with Gasteiger partial charge >= 0.3 is 0 Å². The molecule has 2 aromatic rings. The van der Waals surface area contributed by atoms with Crippen LogP contribution in [0.25, 0.3) is 5.65 Å². The summed E-state index contributed by atoms with van der Waals surface area (Å²) in [5.74, 6) is 0. The van der Waals surface area contributed by atoms with Gasteiger partial charge in [-0.15, -0.1) is 0 Å². The summed E-state index contributed by atoms with van der Waals surface area (Å²) in [4.78, 5) is 7.16. The van der Waals surface area contributed by atoms with E-state index in [-0.39, 0.29) is 5.54 Å². The quantitative estimate of drug-likeness (QED) is 0.844. The average molecular weight is 274 g/mol. The van der Waals surface area contributed by atoms with Crippen LogP contribution >= 0.6 is 0 Å². The van der Waals surface area contributed by atoms with Crippen LogP contribution in [0.15, 0.2) is 30.6 Å². The minimum absolute atomic E-state index is 0.0878. The van der Waals surface area contributed by atoms with Gasteiger partial charge in [-0.05, 0) is 31.5 Å². The van der Waals surface area contributed by atoms with Crippen molar-refractivity contribution >= 4 is 5.65 Å². The lowest BCUT2D eigenvalue weighted by Gasteiger charge is -2.41. The van der Waals surface area contributed by atoms with E-state index in [1.54, 1.807) is 0 Å². The summed E-state index contributed by atoms with van der Waals surface area (Å²) < 4.78 is 2.07. The lowest BCUT2D eigenvalue weighted by Crippen LogP contribution is -2.52. The van der Waals surface area contributed by atoms with E-state index in [1.807, 2.05) is 24.4 Å². The first-order chi connectivity index (χ1) is 9.69. The number of imidazole rings is 1. The van der Waals surface area contributed by atoms with Crippen LogP contribution in [0.4, 0.5) is 0 Å². The molecule has 0 aliphatic carbocycles. The van der Waals surface area contributed by atoms with E-state index in [4.69, 9.17) is 10.7 Å². The Morgan fingerprint density at radius 1 is 1.25 bits per heavy atom. The van der Waals surface area contributed by atoms with Crippen LogP contribution in [0.2, 0.25) is 0 Å². The average Bonchev–Trinajstić information content (AvgIpc) is 2.90. The zero-order chi connectivity index (χ0) is 14.6. The van der Waals surface area contributed by atoms with E-state index >= 15 is 0 Å². The van der Waals surface area contributed by atoms with Crippen LogP contribution in [0.3, 0.4) is 0 Å². The lowest BCUT2D eigenvalue weighted by atomic mass is 9.90. The monoisotopic (exact) mass is 274 g/mol. The number of hydrogen-bond donors (Lipinski definition) is 1. The molecule has 2 N–H and O–H groups in total. The Morgan fingerprint density at radius 2 is 2.00 bits per heavy atom. The van der Waals surface area contributed by atoms with Crippen LogP contribution in [0.1, 0.15) is 39.3 Å². The fourth-order valence-electron chi connectivity index (χ4n) is 2.99. The van der Waals surface area contributed by atoms with Crippen LogP contribution in [-0.2, 0) is 6.54 Å². The normalized spacial score (nSPS) is 12.4. The first-order valence-electron chi connectivity index (χ1n) is 7.56. The van der Waals surface area contributed by atoms with Gasteiger partial charge in [0.2, 0.25) is 0 Å². The molecule has 0 aliphatic rings. The standard InChI is InChI=1S/C16H26N4/c1-4-16(5-2,13-17)20(6-3)12-14-11-19-10-8-7-9-15(19)18-14/h7-11H,4-6,12-13,17H2,1-3H3. The number of hydrogen-bond acceptors (Lipinski definition) is 3. The number of aromatic nitrogens is 2. The van der Waals surface area contributed by atoms with Gasteiger partial charge in [-0.25, -0.2) is 4.98 Å². The highest BCUT2D eigenvalue weighted by molar-refractivity contribution is 5.39. The number of rotatable bonds is 7. The molecule has 0 aromatic carbocycles. The van der Waals surface area contributed by atoms with Gasteiger partial charge in [-0.2, -0.15) is 0 Å². The minimum Gasteiger partial charge on any atom is -0.329 e. The summed E-state index contributed by atoms with van der Waals surface area (Å²) in [7, 11) is 0. The van der Waals surface area contributed by atoms with Gasteiger partial charge in [0.15, 0.2) is 0 Å². The van der Waals surface area contributed by atoms with Crippen molar-refractivity contribution in [3.63, 3.8) is 0 Å². The number of nitrogens with zero attached hydrogens (tertiary/aromatic N) is 3. The summed E-state index contributed by atoms with van der Waals surface area (Å²) in [5.41, 5.74) is 8.27. The molecule has 0 spiro atoms. The predicted octanol–water partition coefficient (Wildman–Crippen LogP) is 2.67. The highest BCUT2D eigenvalue weighted by Gasteiger charge is 2.31. The Labute approximate surface area is 121 Å². The van der Waals surface area contributed by atoms with Crippen molar-refractivity contribution in [2.45, 2.75) is 45.7 Å². The molecule has 2 heterocycles. The van der Waals surface area contributed by atoms with E-state index in [0.717, 1.165) is 37.3 Å². The van der Waals surface area contributed by atoms with Crippen LogP contribution in [0, 0.1) is 0 Å². The molecule has 0 aliphatic heterocycles. The molecule has 0 saturated heterocycles. The zero-order valence-electron chi connectivity index (χ0n) is 12.8. The van der Waals surface area contributed by atoms with Crippen LogP contribution < -0.4 is 5.73 Å². The molecule has 0 radical (unpaired) electrons. The Kier molecular flexibility index (Phi) is 4.78. The molecule has 110 valence electrons. The van der Waals surface area contributed by atoms with Crippen molar-refractivity contribution in [1.29, 1.82) is 0 Å². The summed E-state index contributed by atoms with van der Waals surface area (Å²) >= 11 is 0. The first-order valence-corrected chi connectivity index (χ1v) is 7.56. The van der Waals surface area contributed by atoms with Crippen LogP contribution in [0.5, 0.6) is 0 Å². The van der Waals surface area contributed by atoms with E-state index in [1.165, 1.54) is 0 Å². The summed E-state index contributed by atoms with van der Waals surface area (Å²) in [6.45, 7) is 9.20. The minimum atomic E-state index is 0.0878. The molecule has 0 bridgehead atoms. The molecular weight excluding hydrogens is 248 g/mol. The second-order valence-corrected chi connectivity index (χ2v) is 5.35. The topological polar surface area (TPSA) is 46.6 Å². The summed E-state index contributed by atoms with van der Waals surface area (Å²) in [6, 6.07) is 6.08. The first kappa shape index (κ1) is 15.0. The maximum atomic E-state index is 6.07. The van der Waals surface area contributed by atoms with E-state index in [0.29, 0.717) is 6.54 Å². The number of likely N-dealkylation sites (N-methyl/N-ethyl adjacent to an activating group) is 1. The van der Waals surface area contributed by atoms with Gasteiger partial charge in [0.25, 0.3) is 0 Å². The van der Waals surface area contributed by atoms with Gasteiger partial charge < -0.3 is 10.1 Å². The number of fused-ring (bicyclic) bond motifs is 1. The lowest BCUT2D eigenvalue weighted by molar-refractivity contribution is 0.0816. The van der Waals surface area contributed by atoms with Crippen molar-refractivity contribution in [2.75, 3.05) is 13.1 Å². The van der Waals surface area contributed by atoms with Crippen molar-refractivity contribution in [2.24, 2.45) is 5.73 Å². The molecule has 0 amide bonds. The SMILES string of the molecule is CCN(Cc1cn2ccccc2n1)C(CC)(CC)CN. The fraction of sp³-hybridized carbons (Fsp3) is 0.562. The molecule has 4 nitrogen and oxygen atoms in total. The van der Waals surface area contributed by atoms with Crippen molar-refractivity contribution in [3.05, 3.63) is 36.3 Å². The fourth-order valence-corrected chi connectivity index (χ4v) is 2.99. The maximum Gasteiger partial charge on any atom is 0.137 e. The van der Waals surface area contributed by atoms with Gasteiger partial charge in [-0.3, -0.25) is 4.90 Å². The zero-order valence-corrected chi connectivity index (χ0v) is 12.8. The predicted molar refractivity (Wildman–Crippen MR) is 83.6 cm³/mol. The van der Waals surface area contributed by atoms with E-state index < -0.39 is 0 Å². The van der Waals surface area contributed by atoms with Gasteiger partial charge in [0.05, 0.1) is 5.69 Å². The third-order valence-corrected chi connectivity index (χ3v) is 4.52.